The van der Waals surface area contributed by atoms with Crippen LogP contribution < -0.4 is 5.32 Å². The zero-order valence-corrected chi connectivity index (χ0v) is 14.3. The Morgan fingerprint density at radius 1 is 1.17 bits per heavy atom. The number of benzene rings is 2. The molecule has 0 aliphatic heterocycles. The van der Waals surface area contributed by atoms with Crippen LogP contribution in [0.4, 0.5) is 10.1 Å². The van der Waals surface area contributed by atoms with E-state index in [1.54, 1.807) is 18.2 Å². The van der Waals surface area contributed by atoms with Gasteiger partial charge in [-0.1, -0.05) is 24.3 Å². The van der Waals surface area contributed by atoms with Crippen LogP contribution in [0, 0.1) is 12.7 Å². The van der Waals surface area contributed by atoms with Gasteiger partial charge in [0.25, 0.3) is 0 Å². The van der Waals surface area contributed by atoms with E-state index in [1.807, 2.05) is 13.0 Å². The third-order valence-corrected chi connectivity index (χ3v) is 4.56. The first-order valence-corrected chi connectivity index (χ1v) is 9.15. The van der Waals surface area contributed by atoms with E-state index in [9.17, 15) is 17.6 Å². The van der Waals surface area contributed by atoms with Gasteiger partial charge in [0.2, 0.25) is 15.9 Å². The van der Waals surface area contributed by atoms with Crippen molar-refractivity contribution < 1.29 is 17.6 Å². The second kappa shape index (κ2) is 7.55. The first-order chi connectivity index (χ1) is 11.2. The number of halogens is 1. The molecule has 0 unspecified atom stereocenters. The SMILES string of the molecule is Cc1cccc(NC(=O)CN(Cc2ccc(F)cc2)S(C)(=O)=O)c1. The van der Waals surface area contributed by atoms with E-state index in [-0.39, 0.29) is 13.1 Å². The van der Waals surface area contributed by atoms with Crippen LogP contribution in [0.2, 0.25) is 0 Å². The van der Waals surface area contributed by atoms with Crippen molar-refractivity contribution in [3.8, 4) is 0 Å². The zero-order chi connectivity index (χ0) is 17.7. The van der Waals surface area contributed by atoms with Gasteiger partial charge in [-0.25, -0.2) is 12.8 Å². The first kappa shape index (κ1) is 18.1. The maximum absolute atomic E-state index is 12.9. The summed E-state index contributed by atoms with van der Waals surface area (Å²) in [6.07, 6.45) is 1.04. The first-order valence-electron chi connectivity index (χ1n) is 7.30. The molecular weight excluding hydrogens is 331 g/mol. The molecule has 0 aliphatic carbocycles. The highest BCUT2D eigenvalue weighted by atomic mass is 32.2. The normalized spacial score (nSPS) is 11.5. The molecule has 1 amide bonds. The average Bonchev–Trinajstić information content (AvgIpc) is 2.48. The molecule has 2 rings (SSSR count). The number of anilines is 1. The highest BCUT2D eigenvalue weighted by Gasteiger charge is 2.20. The van der Waals surface area contributed by atoms with Gasteiger partial charge in [0.1, 0.15) is 5.82 Å². The van der Waals surface area contributed by atoms with Crippen molar-refractivity contribution >= 4 is 21.6 Å². The number of aryl methyl sites for hydroxylation is 1. The minimum Gasteiger partial charge on any atom is -0.325 e. The van der Waals surface area contributed by atoms with Gasteiger partial charge in [-0.15, -0.1) is 0 Å². The van der Waals surface area contributed by atoms with Crippen molar-refractivity contribution in [3.63, 3.8) is 0 Å². The van der Waals surface area contributed by atoms with Crippen molar-refractivity contribution in [1.29, 1.82) is 0 Å². The molecule has 0 heterocycles. The highest BCUT2D eigenvalue weighted by molar-refractivity contribution is 7.88. The van der Waals surface area contributed by atoms with Crippen LogP contribution in [0.25, 0.3) is 0 Å². The lowest BCUT2D eigenvalue weighted by molar-refractivity contribution is -0.116. The fraction of sp³-hybridized carbons (Fsp3) is 0.235. The predicted molar refractivity (Wildman–Crippen MR) is 91.5 cm³/mol. The number of sulfonamides is 1. The molecule has 128 valence electrons. The average molecular weight is 350 g/mol. The molecule has 0 spiro atoms. The summed E-state index contributed by atoms with van der Waals surface area (Å²) in [4.78, 5) is 12.1. The van der Waals surface area contributed by atoms with Crippen molar-refractivity contribution in [3.05, 3.63) is 65.5 Å². The van der Waals surface area contributed by atoms with Crippen LogP contribution in [-0.2, 0) is 21.4 Å². The highest BCUT2D eigenvalue weighted by Crippen LogP contribution is 2.12. The number of carbonyl (C=O) groups is 1. The number of hydrogen-bond donors (Lipinski definition) is 1. The minimum absolute atomic E-state index is 0.000348. The second-order valence-corrected chi connectivity index (χ2v) is 7.56. The van der Waals surface area contributed by atoms with Crippen molar-refractivity contribution in [2.24, 2.45) is 0 Å². The maximum atomic E-state index is 12.9. The Balaban J connectivity index is 2.08. The molecule has 0 aromatic heterocycles. The number of nitrogens with one attached hydrogen (secondary N) is 1. The molecule has 24 heavy (non-hydrogen) atoms. The summed E-state index contributed by atoms with van der Waals surface area (Å²) in [6, 6.07) is 12.7. The fourth-order valence-corrected chi connectivity index (χ4v) is 2.90. The van der Waals surface area contributed by atoms with E-state index in [1.165, 1.54) is 24.3 Å². The summed E-state index contributed by atoms with van der Waals surface area (Å²) in [5.74, 6) is -0.838. The lowest BCUT2D eigenvalue weighted by atomic mass is 10.2. The Kier molecular flexibility index (Phi) is 5.69. The Morgan fingerprint density at radius 3 is 2.42 bits per heavy atom. The monoisotopic (exact) mass is 350 g/mol. The molecule has 0 saturated heterocycles. The molecule has 0 fully saturated rings. The summed E-state index contributed by atoms with van der Waals surface area (Å²) in [7, 11) is -3.59. The number of amides is 1. The molecular formula is C17H19FN2O3S. The fourth-order valence-electron chi connectivity index (χ4n) is 2.17. The van der Waals surface area contributed by atoms with Gasteiger partial charge in [0.05, 0.1) is 12.8 Å². The summed E-state index contributed by atoms with van der Waals surface area (Å²) >= 11 is 0. The number of nitrogens with zero attached hydrogens (tertiary/aromatic N) is 1. The summed E-state index contributed by atoms with van der Waals surface area (Å²) in [5.41, 5.74) is 2.19. The van der Waals surface area contributed by atoms with E-state index in [4.69, 9.17) is 0 Å². The lowest BCUT2D eigenvalue weighted by Gasteiger charge is -2.19. The third kappa shape index (κ3) is 5.43. The zero-order valence-electron chi connectivity index (χ0n) is 13.5. The van der Waals surface area contributed by atoms with E-state index in [2.05, 4.69) is 5.32 Å². The third-order valence-electron chi connectivity index (χ3n) is 3.36. The van der Waals surface area contributed by atoms with Gasteiger partial charge < -0.3 is 5.32 Å². The molecule has 1 N–H and O–H groups in total. The summed E-state index contributed by atoms with van der Waals surface area (Å²) in [6.45, 7) is 1.58. The maximum Gasteiger partial charge on any atom is 0.239 e. The molecule has 0 aliphatic rings. The molecule has 7 heteroatoms. The number of rotatable bonds is 6. The second-order valence-electron chi connectivity index (χ2n) is 5.58. The number of hydrogen-bond acceptors (Lipinski definition) is 3. The van der Waals surface area contributed by atoms with Gasteiger partial charge >= 0.3 is 0 Å². The molecule has 0 saturated carbocycles. The predicted octanol–water partition coefficient (Wildman–Crippen LogP) is 2.53. The van der Waals surface area contributed by atoms with Gasteiger partial charge in [-0.05, 0) is 42.3 Å². The van der Waals surface area contributed by atoms with Gasteiger partial charge in [-0.3, -0.25) is 4.79 Å². The van der Waals surface area contributed by atoms with Gasteiger partial charge in [-0.2, -0.15) is 4.31 Å². The molecule has 2 aromatic carbocycles. The van der Waals surface area contributed by atoms with Crippen molar-refractivity contribution in [2.75, 3.05) is 18.1 Å². The van der Waals surface area contributed by atoms with Crippen molar-refractivity contribution in [1.82, 2.24) is 4.31 Å². The van der Waals surface area contributed by atoms with E-state index < -0.39 is 21.7 Å². The Hall–Kier alpha value is -2.25. The molecule has 5 nitrogen and oxygen atoms in total. The van der Waals surface area contributed by atoms with Crippen molar-refractivity contribution in [2.45, 2.75) is 13.5 Å². The quantitative estimate of drug-likeness (QED) is 0.871. The molecule has 0 bridgehead atoms. The molecule has 2 aromatic rings. The van der Waals surface area contributed by atoms with Crippen LogP contribution >= 0.6 is 0 Å². The Labute approximate surface area is 141 Å². The topological polar surface area (TPSA) is 66.5 Å². The Morgan fingerprint density at radius 2 is 1.83 bits per heavy atom. The van der Waals surface area contributed by atoms with Crippen LogP contribution in [0.1, 0.15) is 11.1 Å². The Bertz CT molecular complexity index is 820. The van der Waals surface area contributed by atoms with Crippen LogP contribution in [0.5, 0.6) is 0 Å². The number of carbonyl (C=O) groups excluding carboxylic acids is 1. The van der Waals surface area contributed by atoms with Gasteiger partial charge in [0, 0.05) is 12.2 Å². The molecule has 0 atom stereocenters. The standard InChI is InChI=1S/C17H19FN2O3S/c1-13-4-3-5-16(10-13)19-17(21)12-20(24(2,22)23)11-14-6-8-15(18)9-7-14/h3-10H,11-12H2,1-2H3,(H,19,21). The van der Waals surface area contributed by atoms with Gasteiger partial charge in [0.15, 0.2) is 0 Å². The van der Waals surface area contributed by atoms with E-state index in [0.717, 1.165) is 16.1 Å². The summed E-state index contributed by atoms with van der Waals surface area (Å²) in [5, 5.41) is 2.68. The lowest BCUT2D eigenvalue weighted by Crippen LogP contribution is -2.36. The minimum atomic E-state index is -3.59. The van der Waals surface area contributed by atoms with E-state index >= 15 is 0 Å². The van der Waals surface area contributed by atoms with E-state index in [0.29, 0.717) is 11.3 Å². The molecule has 0 radical (unpaired) electrons. The van der Waals surface area contributed by atoms with Crippen LogP contribution in [0.3, 0.4) is 0 Å². The largest absolute Gasteiger partial charge is 0.325 e. The summed E-state index contributed by atoms with van der Waals surface area (Å²) < 4.78 is 37.8. The smallest absolute Gasteiger partial charge is 0.239 e. The van der Waals surface area contributed by atoms with Crippen LogP contribution in [-0.4, -0.2) is 31.4 Å². The van der Waals surface area contributed by atoms with Crippen LogP contribution in [0.15, 0.2) is 48.5 Å².